The van der Waals surface area contributed by atoms with Gasteiger partial charge in [-0.25, -0.2) is 4.39 Å². The van der Waals surface area contributed by atoms with Gasteiger partial charge in [0, 0.05) is 11.1 Å². The minimum atomic E-state index is -0.785. The minimum Gasteiger partial charge on any atom is -0.503 e. The van der Waals surface area contributed by atoms with Gasteiger partial charge in [0.25, 0.3) is 5.91 Å². The Hall–Kier alpha value is -3.54. The maximum atomic E-state index is 14.7. The molecular formula is C22H18FNO4. The molecule has 0 saturated carbocycles. The summed E-state index contributed by atoms with van der Waals surface area (Å²) in [7, 11) is 1.55. The van der Waals surface area contributed by atoms with E-state index in [0.717, 1.165) is 0 Å². The number of hydrogen-bond acceptors (Lipinski definition) is 4. The van der Waals surface area contributed by atoms with E-state index in [4.69, 9.17) is 9.15 Å². The fourth-order valence-electron chi connectivity index (χ4n) is 3.47. The van der Waals surface area contributed by atoms with E-state index in [2.05, 4.69) is 0 Å². The predicted molar refractivity (Wildman–Crippen MR) is 101 cm³/mol. The predicted octanol–water partition coefficient (Wildman–Crippen LogP) is 4.48. The molecule has 1 N–H and O–H groups in total. The highest BCUT2D eigenvalue weighted by Gasteiger charge is 2.42. The van der Waals surface area contributed by atoms with Crippen LogP contribution in [-0.2, 0) is 11.3 Å². The van der Waals surface area contributed by atoms with E-state index in [1.807, 2.05) is 0 Å². The van der Waals surface area contributed by atoms with Crippen molar-refractivity contribution in [3.05, 3.63) is 95.4 Å². The highest BCUT2D eigenvalue weighted by Crippen LogP contribution is 2.44. The molecule has 1 aromatic heterocycles. The third-order valence-electron chi connectivity index (χ3n) is 4.81. The molecule has 1 aliphatic rings. The van der Waals surface area contributed by atoms with Crippen LogP contribution in [0.5, 0.6) is 5.75 Å². The monoisotopic (exact) mass is 379 g/mol. The van der Waals surface area contributed by atoms with E-state index in [0.29, 0.717) is 28.2 Å². The van der Waals surface area contributed by atoms with E-state index in [1.54, 1.807) is 61.7 Å². The Morgan fingerprint density at radius 3 is 2.50 bits per heavy atom. The third-order valence-corrected chi connectivity index (χ3v) is 4.81. The number of aliphatic hydroxyl groups is 1. The Kier molecular flexibility index (Phi) is 4.61. The number of nitrogens with zero attached hydrogens (tertiary/aromatic N) is 1. The van der Waals surface area contributed by atoms with Gasteiger partial charge in [0.15, 0.2) is 5.76 Å². The summed E-state index contributed by atoms with van der Waals surface area (Å²) in [5.74, 6) is -0.243. The molecule has 0 radical (unpaired) electrons. The van der Waals surface area contributed by atoms with Crippen molar-refractivity contribution in [3.8, 4) is 5.75 Å². The lowest BCUT2D eigenvalue weighted by Crippen LogP contribution is -2.30. The molecule has 142 valence electrons. The average Bonchev–Trinajstić information content (AvgIpc) is 3.31. The molecule has 2 heterocycles. The van der Waals surface area contributed by atoms with Crippen LogP contribution in [0.25, 0.3) is 5.57 Å². The van der Waals surface area contributed by atoms with Gasteiger partial charge < -0.3 is 19.2 Å². The molecular weight excluding hydrogens is 361 g/mol. The van der Waals surface area contributed by atoms with Gasteiger partial charge in [-0.05, 0) is 35.9 Å². The lowest BCUT2D eigenvalue weighted by atomic mass is 9.93. The molecule has 6 heteroatoms. The number of hydrogen-bond donors (Lipinski definition) is 1. The van der Waals surface area contributed by atoms with Gasteiger partial charge >= 0.3 is 0 Å². The van der Waals surface area contributed by atoms with Crippen LogP contribution in [0.3, 0.4) is 0 Å². The lowest BCUT2D eigenvalue weighted by Gasteiger charge is -2.27. The number of furan rings is 1. The lowest BCUT2D eigenvalue weighted by molar-refractivity contribution is -0.130. The smallest absolute Gasteiger partial charge is 0.290 e. The second kappa shape index (κ2) is 7.23. The van der Waals surface area contributed by atoms with Gasteiger partial charge in [0.05, 0.1) is 26.0 Å². The highest BCUT2D eigenvalue weighted by molar-refractivity contribution is 6.05. The molecule has 1 aliphatic heterocycles. The topological polar surface area (TPSA) is 62.9 Å². The summed E-state index contributed by atoms with van der Waals surface area (Å²) in [6.45, 7) is 0.106. The number of aliphatic hydroxyl groups excluding tert-OH is 1. The average molecular weight is 379 g/mol. The molecule has 0 bridgehead atoms. The van der Waals surface area contributed by atoms with Crippen molar-refractivity contribution in [3.63, 3.8) is 0 Å². The van der Waals surface area contributed by atoms with Gasteiger partial charge in [-0.3, -0.25) is 4.79 Å². The molecule has 0 fully saturated rings. The van der Waals surface area contributed by atoms with Crippen LogP contribution in [0.2, 0.25) is 0 Å². The maximum Gasteiger partial charge on any atom is 0.290 e. The molecule has 5 nitrogen and oxygen atoms in total. The molecule has 4 rings (SSSR count). The first-order valence-corrected chi connectivity index (χ1v) is 8.75. The van der Waals surface area contributed by atoms with Gasteiger partial charge in [-0.1, -0.05) is 30.3 Å². The molecule has 1 amide bonds. The van der Waals surface area contributed by atoms with Gasteiger partial charge in [-0.2, -0.15) is 0 Å². The Labute approximate surface area is 161 Å². The Morgan fingerprint density at radius 1 is 1.11 bits per heavy atom. The summed E-state index contributed by atoms with van der Waals surface area (Å²) in [6.07, 6.45) is 1.51. The molecule has 3 aromatic rings. The van der Waals surface area contributed by atoms with Crippen molar-refractivity contribution in [2.45, 2.75) is 12.6 Å². The van der Waals surface area contributed by atoms with Crippen molar-refractivity contribution in [2.24, 2.45) is 0 Å². The number of carbonyl (C=O) groups excluding carboxylic acids is 1. The standard InChI is InChI=1S/C22H18FNO4/c1-27-15-10-8-14(9-11-15)19-20(17-6-2-3-7-18(17)23)24(22(26)21(19)25)13-16-5-4-12-28-16/h2-12,20,25H,13H2,1H3/t20-/m1/s1. The summed E-state index contributed by atoms with van der Waals surface area (Å²) in [5.41, 5.74) is 1.27. The zero-order valence-corrected chi connectivity index (χ0v) is 15.1. The molecule has 0 spiro atoms. The van der Waals surface area contributed by atoms with Crippen LogP contribution in [0, 0.1) is 5.82 Å². The summed E-state index contributed by atoms with van der Waals surface area (Å²) < 4.78 is 25.2. The highest BCUT2D eigenvalue weighted by atomic mass is 19.1. The number of amides is 1. The first-order chi connectivity index (χ1) is 13.6. The number of halogens is 1. The molecule has 2 aromatic carbocycles. The number of benzene rings is 2. The zero-order chi connectivity index (χ0) is 19.7. The first kappa shape index (κ1) is 17.9. The van der Waals surface area contributed by atoms with Crippen molar-refractivity contribution < 1.29 is 23.4 Å². The van der Waals surface area contributed by atoms with E-state index >= 15 is 0 Å². The van der Waals surface area contributed by atoms with Crippen LogP contribution in [0.1, 0.15) is 22.9 Å². The van der Waals surface area contributed by atoms with Crippen LogP contribution in [-0.4, -0.2) is 23.0 Å². The molecule has 28 heavy (non-hydrogen) atoms. The van der Waals surface area contributed by atoms with Crippen LogP contribution in [0.4, 0.5) is 4.39 Å². The normalized spacial score (nSPS) is 16.7. The largest absolute Gasteiger partial charge is 0.503 e. The van der Waals surface area contributed by atoms with E-state index in [-0.39, 0.29) is 6.54 Å². The van der Waals surface area contributed by atoms with Gasteiger partial charge in [-0.15, -0.1) is 0 Å². The minimum absolute atomic E-state index is 0.106. The van der Waals surface area contributed by atoms with Gasteiger partial charge in [0.2, 0.25) is 0 Å². The SMILES string of the molecule is COc1ccc(C2=C(O)C(=O)N(Cc3ccco3)[C@@H]2c2ccccc2F)cc1. The first-order valence-electron chi connectivity index (χ1n) is 8.75. The fraction of sp³-hybridized carbons (Fsp3) is 0.136. The van der Waals surface area contributed by atoms with Gasteiger partial charge in [0.1, 0.15) is 17.3 Å². The third kappa shape index (κ3) is 3.03. The quantitative estimate of drug-likeness (QED) is 0.710. The fourth-order valence-corrected chi connectivity index (χ4v) is 3.47. The van der Waals surface area contributed by atoms with Crippen molar-refractivity contribution in [1.82, 2.24) is 4.90 Å². The zero-order valence-electron chi connectivity index (χ0n) is 15.1. The van der Waals surface area contributed by atoms with Crippen molar-refractivity contribution >= 4 is 11.5 Å². The second-order valence-electron chi connectivity index (χ2n) is 6.43. The Bertz CT molecular complexity index is 1020. The van der Waals surface area contributed by atoms with Crippen LogP contribution < -0.4 is 4.74 Å². The van der Waals surface area contributed by atoms with Crippen molar-refractivity contribution in [1.29, 1.82) is 0 Å². The van der Waals surface area contributed by atoms with E-state index < -0.39 is 23.5 Å². The Morgan fingerprint density at radius 2 is 1.86 bits per heavy atom. The molecule has 0 saturated heterocycles. The molecule has 0 unspecified atom stereocenters. The number of rotatable bonds is 5. The number of carbonyl (C=O) groups is 1. The number of methoxy groups -OCH3 is 1. The molecule has 0 aliphatic carbocycles. The number of ether oxygens (including phenoxy) is 1. The maximum absolute atomic E-state index is 14.7. The summed E-state index contributed by atoms with van der Waals surface area (Å²) >= 11 is 0. The molecule has 1 atom stereocenters. The van der Waals surface area contributed by atoms with Crippen molar-refractivity contribution in [2.75, 3.05) is 7.11 Å². The van der Waals surface area contributed by atoms with E-state index in [9.17, 15) is 14.3 Å². The summed E-state index contributed by atoms with van der Waals surface area (Å²) in [4.78, 5) is 14.3. The Balaban J connectivity index is 1.83. The summed E-state index contributed by atoms with van der Waals surface area (Å²) in [5, 5.41) is 10.7. The second-order valence-corrected chi connectivity index (χ2v) is 6.43. The van der Waals surface area contributed by atoms with E-state index in [1.165, 1.54) is 17.2 Å². The van der Waals surface area contributed by atoms with Crippen LogP contribution in [0.15, 0.2) is 77.1 Å². The van der Waals surface area contributed by atoms with Crippen LogP contribution >= 0.6 is 0 Å². The summed E-state index contributed by atoms with van der Waals surface area (Å²) in [6, 6.07) is 15.8.